The average molecular weight is 542 g/mol. The van der Waals surface area contributed by atoms with Crippen molar-refractivity contribution in [3.05, 3.63) is 86.5 Å². The fourth-order valence-electron chi connectivity index (χ4n) is 3.60. The van der Waals surface area contributed by atoms with Crippen LogP contribution >= 0.6 is 22.6 Å². The van der Waals surface area contributed by atoms with Gasteiger partial charge in [0.2, 0.25) is 0 Å². The number of nitrogen functional groups attached to an aromatic ring is 1. The van der Waals surface area contributed by atoms with Gasteiger partial charge in [-0.25, -0.2) is 19.0 Å². The SMILES string of the molecule is C=C(C)/C(=C\C=C/C)n1c(Cn2nc(I)c3c(N)ncnc32)cc2cccc(F)c2c1=O. The molecule has 0 aliphatic heterocycles. The molecule has 0 bridgehead atoms. The Morgan fingerprint density at radius 1 is 1.31 bits per heavy atom. The summed E-state index contributed by atoms with van der Waals surface area (Å²) in [5.41, 5.74) is 7.93. The van der Waals surface area contributed by atoms with Crippen molar-refractivity contribution >= 4 is 55.9 Å². The first-order chi connectivity index (χ1) is 15.3. The van der Waals surface area contributed by atoms with Gasteiger partial charge in [-0.2, -0.15) is 5.10 Å². The van der Waals surface area contributed by atoms with Gasteiger partial charge in [0.15, 0.2) is 5.65 Å². The lowest BCUT2D eigenvalue weighted by atomic mass is 10.1. The molecule has 0 aliphatic rings. The van der Waals surface area contributed by atoms with E-state index in [4.69, 9.17) is 5.73 Å². The summed E-state index contributed by atoms with van der Waals surface area (Å²) in [7, 11) is 0. The van der Waals surface area contributed by atoms with E-state index in [1.807, 2.05) is 19.1 Å². The molecule has 162 valence electrons. The van der Waals surface area contributed by atoms with E-state index in [1.54, 1.807) is 35.9 Å². The Morgan fingerprint density at radius 3 is 2.81 bits per heavy atom. The van der Waals surface area contributed by atoms with Crippen LogP contribution < -0.4 is 11.3 Å². The van der Waals surface area contributed by atoms with Crippen molar-refractivity contribution in [1.82, 2.24) is 24.3 Å². The highest BCUT2D eigenvalue weighted by Gasteiger charge is 2.19. The van der Waals surface area contributed by atoms with Crippen LogP contribution in [-0.2, 0) is 6.54 Å². The molecule has 4 aromatic rings. The molecule has 0 atom stereocenters. The summed E-state index contributed by atoms with van der Waals surface area (Å²) in [5.74, 6) is -0.237. The van der Waals surface area contributed by atoms with Gasteiger partial charge < -0.3 is 5.73 Å². The maximum absolute atomic E-state index is 14.6. The third kappa shape index (κ3) is 3.72. The van der Waals surface area contributed by atoms with Gasteiger partial charge in [0.1, 0.15) is 21.7 Å². The van der Waals surface area contributed by atoms with Crippen LogP contribution in [0.25, 0.3) is 27.5 Å². The number of rotatable bonds is 5. The molecule has 0 saturated heterocycles. The fraction of sp³-hybridized carbons (Fsp3) is 0.130. The second-order valence-electron chi connectivity index (χ2n) is 7.24. The number of pyridine rings is 1. The Labute approximate surface area is 196 Å². The Balaban J connectivity index is 2.04. The molecule has 1 aromatic carbocycles. The third-order valence-electron chi connectivity index (χ3n) is 5.02. The second kappa shape index (κ2) is 8.65. The van der Waals surface area contributed by atoms with Gasteiger partial charge >= 0.3 is 0 Å². The summed E-state index contributed by atoms with van der Waals surface area (Å²) in [5, 5.41) is 5.74. The lowest BCUT2D eigenvalue weighted by Gasteiger charge is -2.18. The van der Waals surface area contributed by atoms with E-state index in [2.05, 4.69) is 44.2 Å². The number of hydrogen-bond donors (Lipinski definition) is 1. The average Bonchev–Trinajstić information content (AvgIpc) is 3.06. The third-order valence-corrected chi connectivity index (χ3v) is 5.78. The number of hydrogen-bond acceptors (Lipinski definition) is 5. The maximum atomic E-state index is 14.6. The molecule has 7 nitrogen and oxygen atoms in total. The number of benzene rings is 1. The highest BCUT2D eigenvalue weighted by molar-refractivity contribution is 14.1. The van der Waals surface area contributed by atoms with Gasteiger partial charge in [-0.3, -0.25) is 9.36 Å². The molecular formula is C23H20FIN6O. The summed E-state index contributed by atoms with van der Waals surface area (Å²) in [6, 6.07) is 6.37. The minimum Gasteiger partial charge on any atom is -0.383 e. The van der Waals surface area contributed by atoms with Crippen LogP contribution in [0.1, 0.15) is 19.5 Å². The van der Waals surface area contributed by atoms with Gasteiger partial charge in [-0.15, -0.1) is 0 Å². The van der Waals surface area contributed by atoms with Crippen LogP contribution in [-0.4, -0.2) is 24.3 Å². The Kier molecular flexibility index (Phi) is 5.92. The minimum atomic E-state index is -0.570. The first-order valence-corrected chi connectivity index (χ1v) is 10.9. The Bertz CT molecular complexity index is 1500. The van der Waals surface area contributed by atoms with Crippen LogP contribution in [0.2, 0.25) is 0 Å². The number of nitrogens with two attached hydrogens (primary N) is 1. The Hall–Kier alpha value is -3.34. The molecule has 0 fully saturated rings. The highest BCUT2D eigenvalue weighted by Crippen LogP contribution is 2.25. The lowest BCUT2D eigenvalue weighted by molar-refractivity contribution is 0.635. The number of nitrogens with zero attached hydrogens (tertiary/aromatic N) is 5. The standard InChI is InChI=1S/C23H20FIN6O/c1-4-5-9-17(13(2)3)31-15(10-14-7-6-8-16(24)18(14)23(31)32)11-30-22-19(20(25)29-30)21(26)27-12-28-22/h4-10,12H,2,11H2,1,3H3,(H2,26,27,28)/b5-4-,17-9+. The topological polar surface area (TPSA) is 91.6 Å². The monoisotopic (exact) mass is 542 g/mol. The zero-order valence-corrected chi connectivity index (χ0v) is 19.7. The molecule has 0 unspecified atom stereocenters. The molecule has 0 spiro atoms. The smallest absolute Gasteiger partial charge is 0.266 e. The van der Waals surface area contributed by atoms with Gasteiger partial charge in [0.25, 0.3) is 5.56 Å². The van der Waals surface area contributed by atoms with Gasteiger partial charge in [0, 0.05) is 5.69 Å². The van der Waals surface area contributed by atoms with Crippen molar-refractivity contribution < 1.29 is 4.39 Å². The van der Waals surface area contributed by atoms with Crippen molar-refractivity contribution in [3.8, 4) is 0 Å². The highest BCUT2D eigenvalue weighted by atomic mass is 127. The van der Waals surface area contributed by atoms with Crippen LogP contribution in [0.15, 0.2) is 65.8 Å². The summed E-state index contributed by atoms with van der Waals surface area (Å²) >= 11 is 2.08. The normalized spacial score (nSPS) is 12.3. The maximum Gasteiger partial charge on any atom is 0.266 e. The molecule has 0 aliphatic carbocycles. The lowest BCUT2D eigenvalue weighted by Crippen LogP contribution is -2.26. The van der Waals surface area contributed by atoms with Crippen LogP contribution in [0.3, 0.4) is 0 Å². The van der Waals surface area contributed by atoms with E-state index in [9.17, 15) is 9.18 Å². The zero-order chi connectivity index (χ0) is 23.0. The summed E-state index contributed by atoms with van der Waals surface area (Å²) in [6.45, 7) is 7.91. The van der Waals surface area contributed by atoms with Crippen molar-refractivity contribution in [2.75, 3.05) is 5.73 Å². The second-order valence-corrected chi connectivity index (χ2v) is 8.27. The van der Waals surface area contributed by atoms with Gasteiger partial charge in [-0.05, 0) is 65.6 Å². The number of anilines is 1. The van der Waals surface area contributed by atoms with E-state index >= 15 is 0 Å². The first-order valence-electron chi connectivity index (χ1n) is 9.78. The molecule has 2 N–H and O–H groups in total. The molecule has 32 heavy (non-hydrogen) atoms. The molecule has 0 radical (unpaired) electrons. The molecule has 4 rings (SSSR count). The van der Waals surface area contributed by atoms with E-state index in [1.165, 1.54) is 17.0 Å². The van der Waals surface area contributed by atoms with Crippen molar-refractivity contribution in [1.29, 1.82) is 0 Å². The molecule has 0 amide bonds. The largest absolute Gasteiger partial charge is 0.383 e. The first kappa shape index (κ1) is 21.9. The predicted molar refractivity (Wildman–Crippen MR) is 134 cm³/mol. The van der Waals surface area contributed by atoms with Crippen molar-refractivity contribution in [2.45, 2.75) is 20.4 Å². The molecular weight excluding hydrogens is 522 g/mol. The molecule has 0 saturated carbocycles. The number of allylic oxidation sites excluding steroid dienone is 5. The minimum absolute atomic E-state index is 0.0235. The summed E-state index contributed by atoms with van der Waals surface area (Å²) in [4.78, 5) is 21.9. The van der Waals surface area contributed by atoms with E-state index < -0.39 is 11.4 Å². The van der Waals surface area contributed by atoms with E-state index in [0.29, 0.717) is 42.9 Å². The van der Waals surface area contributed by atoms with Crippen molar-refractivity contribution in [3.63, 3.8) is 0 Å². The summed E-state index contributed by atoms with van der Waals surface area (Å²) in [6.07, 6.45) is 6.81. The van der Waals surface area contributed by atoms with Crippen LogP contribution in [0.4, 0.5) is 10.2 Å². The van der Waals surface area contributed by atoms with Gasteiger partial charge in [-0.1, -0.05) is 30.9 Å². The molecule has 3 aromatic heterocycles. The zero-order valence-electron chi connectivity index (χ0n) is 17.5. The molecule has 3 heterocycles. The fourth-order valence-corrected chi connectivity index (χ4v) is 4.38. The number of aromatic nitrogens is 5. The predicted octanol–water partition coefficient (Wildman–Crippen LogP) is 4.51. The summed E-state index contributed by atoms with van der Waals surface area (Å²) < 4.78 is 18.4. The Morgan fingerprint density at radius 2 is 2.09 bits per heavy atom. The van der Waals surface area contributed by atoms with Gasteiger partial charge in [0.05, 0.1) is 23.0 Å². The number of fused-ring (bicyclic) bond motifs is 2. The van der Waals surface area contributed by atoms with Crippen molar-refractivity contribution in [2.24, 2.45) is 0 Å². The quantitative estimate of drug-likeness (QED) is 0.296. The molecule has 9 heteroatoms. The van der Waals surface area contributed by atoms with E-state index in [0.717, 1.165) is 0 Å². The number of halogens is 2. The van der Waals surface area contributed by atoms with Crippen LogP contribution in [0.5, 0.6) is 0 Å². The van der Waals surface area contributed by atoms with E-state index in [-0.39, 0.29) is 11.9 Å². The van der Waals surface area contributed by atoms with Crippen LogP contribution in [0, 0.1) is 9.52 Å².